The second kappa shape index (κ2) is 11.1. The van der Waals surface area contributed by atoms with Crippen molar-refractivity contribution in [2.75, 3.05) is 37.8 Å². The van der Waals surface area contributed by atoms with Gasteiger partial charge in [-0.3, -0.25) is 9.69 Å². The smallest absolute Gasteiger partial charge is 0.260 e. The Morgan fingerprint density at radius 2 is 1.80 bits per heavy atom. The van der Waals surface area contributed by atoms with E-state index >= 15 is 0 Å². The number of aryl methyl sites for hydroxylation is 2. The van der Waals surface area contributed by atoms with Crippen molar-refractivity contribution < 1.29 is 4.79 Å². The summed E-state index contributed by atoms with van der Waals surface area (Å²) in [5.74, 6) is 1.04. The van der Waals surface area contributed by atoms with E-state index in [9.17, 15) is 4.79 Å². The number of hydrogen-bond acceptors (Lipinski definition) is 5. The molecule has 4 nitrogen and oxygen atoms in total. The largest absolute Gasteiger partial charge is 0.309 e. The fraction of sp³-hybridized carbons (Fsp3) is 0.391. The zero-order valence-corrected chi connectivity index (χ0v) is 20.7. The van der Waals surface area contributed by atoms with Gasteiger partial charge in [0.2, 0.25) is 0 Å². The van der Waals surface area contributed by atoms with Crippen LogP contribution < -0.4 is 4.90 Å². The molecule has 1 heterocycles. The van der Waals surface area contributed by atoms with E-state index in [2.05, 4.69) is 51.9 Å². The van der Waals surface area contributed by atoms with Gasteiger partial charge in [-0.15, -0.1) is 24.2 Å². The Bertz CT molecular complexity index is 986. The number of benzene rings is 2. The molecule has 1 aromatic heterocycles. The number of amides is 1. The Morgan fingerprint density at radius 1 is 1.10 bits per heavy atom. The van der Waals surface area contributed by atoms with E-state index in [1.807, 2.05) is 29.2 Å². The summed E-state index contributed by atoms with van der Waals surface area (Å²) >= 11 is 3.39. The molecule has 3 aromatic rings. The number of rotatable bonds is 8. The maximum atomic E-state index is 13.4. The molecule has 3 rings (SSSR count). The lowest BCUT2D eigenvalue weighted by molar-refractivity contribution is 0.0986. The van der Waals surface area contributed by atoms with Gasteiger partial charge in [0.1, 0.15) is 0 Å². The van der Waals surface area contributed by atoms with Gasteiger partial charge in [-0.25, -0.2) is 4.98 Å². The molecule has 2 aromatic carbocycles. The first-order valence-corrected chi connectivity index (χ1v) is 11.8. The Kier molecular flexibility index (Phi) is 9.16. The molecular formula is C23H30ClN3OS2. The molecule has 1 amide bonds. The molecule has 0 aliphatic carbocycles. The summed E-state index contributed by atoms with van der Waals surface area (Å²) in [6.45, 7) is 7.91. The number of hydrogen-bond donors (Lipinski definition) is 0. The van der Waals surface area contributed by atoms with Gasteiger partial charge in [0.25, 0.3) is 5.91 Å². The van der Waals surface area contributed by atoms with Gasteiger partial charge in [-0.2, -0.15) is 0 Å². The van der Waals surface area contributed by atoms with Gasteiger partial charge in [0, 0.05) is 17.0 Å². The van der Waals surface area contributed by atoms with Crippen LogP contribution in [0.15, 0.2) is 41.3 Å². The molecule has 0 saturated carbocycles. The third-order valence-corrected chi connectivity index (χ3v) is 6.81. The molecule has 0 atom stereocenters. The van der Waals surface area contributed by atoms with Crippen LogP contribution in [0.25, 0.3) is 10.2 Å². The van der Waals surface area contributed by atoms with Gasteiger partial charge >= 0.3 is 0 Å². The van der Waals surface area contributed by atoms with Crippen molar-refractivity contribution in [2.45, 2.75) is 32.1 Å². The molecule has 7 heteroatoms. The normalized spacial score (nSPS) is 11.0. The second-order valence-electron chi connectivity index (χ2n) is 7.50. The van der Waals surface area contributed by atoms with Crippen LogP contribution in [-0.2, 0) is 0 Å². The van der Waals surface area contributed by atoms with Crippen LogP contribution in [-0.4, -0.2) is 48.7 Å². The van der Waals surface area contributed by atoms with E-state index in [1.54, 1.807) is 23.1 Å². The average molecular weight is 464 g/mol. The Morgan fingerprint density at radius 3 is 2.43 bits per heavy atom. The zero-order chi connectivity index (χ0) is 21.0. The van der Waals surface area contributed by atoms with Crippen molar-refractivity contribution in [3.8, 4) is 0 Å². The molecule has 162 valence electrons. The molecule has 0 aliphatic rings. The lowest BCUT2D eigenvalue weighted by Crippen LogP contribution is -2.33. The second-order valence-corrected chi connectivity index (χ2v) is 9.81. The van der Waals surface area contributed by atoms with Gasteiger partial charge in [-0.05, 0) is 88.1 Å². The van der Waals surface area contributed by atoms with E-state index in [0.717, 1.165) is 34.1 Å². The Hall–Kier alpha value is -1.60. The number of anilines is 1. The summed E-state index contributed by atoms with van der Waals surface area (Å²) in [7, 11) is 4.11. The quantitative estimate of drug-likeness (QED) is 0.381. The van der Waals surface area contributed by atoms with Crippen molar-refractivity contribution in [3.05, 3.63) is 53.1 Å². The lowest BCUT2D eigenvalue weighted by atomic mass is 10.1. The highest BCUT2D eigenvalue weighted by Gasteiger charge is 2.21. The van der Waals surface area contributed by atoms with Gasteiger partial charge < -0.3 is 4.90 Å². The fourth-order valence-corrected chi connectivity index (χ4v) is 5.03. The van der Waals surface area contributed by atoms with Crippen molar-refractivity contribution in [1.82, 2.24) is 9.88 Å². The standard InChI is InChI=1S/C23H29N3OS2.ClH/c1-6-28-19-10-8-18(9-11-19)22(27)26(13-7-12-25(4)5)23-24-20-15-16(2)14-17(3)21(20)29-23;/h8-11,14-15H,6-7,12-13H2,1-5H3;1H. The van der Waals surface area contributed by atoms with Crippen molar-refractivity contribution in [1.29, 1.82) is 0 Å². The number of halogens is 1. The highest BCUT2D eigenvalue weighted by molar-refractivity contribution is 7.99. The molecular weight excluding hydrogens is 434 g/mol. The third-order valence-electron chi connectivity index (χ3n) is 4.68. The number of carbonyl (C=O) groups is 1. The molecule has 0 N–H and O–H groups in total. The summed E-state index contributed by atoms with van der Waals surface area (Å²) < 4.78 is 1.16. The fourth-order valence-electron chi connectivity index (χ4n) is 3.33. The Labute approximate surface area is 194 Å². The van der Waals surface area contributed by atoms with Crippen LogP contribution in [0.1, 0.15) is 34.8 Å². The molecule has 0 bridgehead atoms. The first kappa shape index (κ1) is 24.7. The maximum Gasteiger partial charge on any atom is 0.260 e. The number of fused-ring (bicyclic) bond motifs is 1. The predicted molar refractivity (Wildman–Crippen MR) is 134 cm³/mol. The number of carbonyl (C=O) groups excluding carboxylic acids is 1. The maximum absolute atomic E-state index is 13.4. The first-order valence-electron chi connectivity index (χ1n) is 9.96. The molecule has 0 spiro atoms. The van der Waals surface area contributed by atoms with Crippen molar-refractivity contribution >= 4 is 56.8 Å². The van der Waals surface area contributed by atoms with Crippen molar-refractivity contribution in [3.63, 3.8) is 0 Å². The van der Waals surface area contributed by atoms with E-state index in [0.29, 0.717) is 12.1 Å². The molecule has 0 saturated heterocycles. The molecule has 0 aliphatic heterocycles. The lowest BCUT2D eigenvalue weighted by Gasteiger charge is -2.21. The van der Waals surface area contributed by atoms with Crippen LogP contribution in [0, 0.1) is 13.8 Å². The number of thiazole rings is 1. The molecule has 0 fully saturated rings. The van der Waals surface area contributed by atoms with Gasteiger partial charge in [-0.1, -0.05) is 24.3 Å². The molecule has 0 unspecified atom stereocenters. The summed E-state index contributed by atoms with van der Waals surface area (Å²) in [5, 5.41) is 0.782. The van der Waals surface area contributed by atoms with E-state index in [1.165, 1.54) is 16.0 Å². The number of nitrogens with zero attached hydrogens (tertiary/aromatic N) is 3. The minimum absolute atomic E-state index is 0. The van der Waals surface area contributed by atoms with Crippen molar-refractivity contribution in [2.24, 2.45) is 0 Å². The average Bonchev–Trinajstić information content (AvgIpc) is 3.09. The van der Waals surface area contributed by atoms with E-state index in [4.69, 9.17) is 4.98 Å². The summed E-state index contributed by atoms with van der Waals surface area (Å²) in [6.07, 6.45) is 0.899. The predicted octanol–water partition coefficient (Wildman–Crippen LogP) is 6.05. The van der Waals surface area contributed by atoms with Crippen LogP contribution in [0.2, 0.25) is 0 Å². The van der Waals surface area contributed by atoms with Crippen LogP contribution in [0.3, 0.4) is 0 Å². The third kappa shape index (κ3) is 5.97. The zero-order valence-electron chi connectivity index (χ0n) is 18.3. The topological polar surface area (TPSA) is 36.4 Å². The first-order chi connectivity index (χ1) is 13.9. The summed E-state index contributed by atoms with van der Waals surface area (Å²) in [4.78, 5) is 23.4. The minimum Gasteiger partial charge on any atom is -0.309 e. The van der Waals surface area contributed by atoms with Crippen LogP contribution in [0.4, 0.5) is 5.13 Å². The Balaban J connectivity index is 0.00000320. The number of aromatic nitrogens is 1. The van der Waals surface area contributed by atoms with Gasteiger partial charge in [0.15, 0.2) is 5.13 Å². The highest BCUT2D eigenvalue weighted by atomic mass is 35.5. The van der Waals surface area contributed by atoms with Crippen LogP contribution >= 0.6 is 35.5 Å². The number of thioether (sulfide) groups is 1. The van der Waals surface area contributed by atoms with Crippen LogP contribution in [0.5, 0.6) is 0 Å². The van der Waals surface area contributed by atoms with E-state index in [-0.39, 0.29) is 18.3 Å². The minimum atomic E-state index is 0. The SMILES string of the molecule is CCSc1ccc(C(=O)N(CCCN(C)C)c2nc3cc(C)cc(C)c3s2)cc1.Cl. The summed E-state index contributed by atoms with van der Waals surface area (Å²) in [6, 6.07) is 12.2. The monoisotopic (exact) mass is 463 g/mol. The summed E-state index contributed by atoms with van der Waals surface area (Å²) in [5.41, 5.74) is 4.09. The van der Waals surface area contributed by atoms with Gasteiger partial charge in [0.05, 0.1) is 10.2 Å². The highest BCUT2D eigenvalue weighted by Crippen LogP contribution is 2.33. The molecule has 0 radical (unpaired) electrons. The van der Waals surface area contributed by atoms with E-state index < -0.39 is 0 Å². The molecule has 30 heavy (non-hydrogen) atoms.